The van der Waals surface area contributed by atoms with Crippen LogP contribution in [-0.2, 0) is 0 Å². The third-order valence-corrected chi connectivity index (χ3v) is 5.29. The van der Waals surface area contributed by atoms with Crippen LogP contribution in [0.4, 0.5) is 0 Å². The van der Waals surface area contributed by atoms with Crippen LogP contribution in [0, 0.1) is 7.14 Å². The Kier molecular flexibility index (Phi) is 2.56. The summed E-state index contributed by atoms with van der Waals surface area (Å²) in [4.78, 5) is 0. The fourth-order valence-electron chi connectivity index (χ4n) is 1.63. The van der Waals surface area contributed by atoms with Crippen molar-refractivity contribution in [3.05, 3.63) is 55.7 Å². The van der Waals surface area contributed by atoms with Gasteiger partial charge >= 0.3 is 21.2 Å². The fourth-order valence-corrected chi connectivity index (χ4v) is 4.56. The van der Waals surface area contributed by atoms with Crippen molar-refractivity contribution in [3.63, 3.8) is 0 Å². The van der Waals surface area contributed by atoms with E-state index >= 15 is 0 Å². The average molecular weight is 296 g/mol. The van der Waals surface area contributed by atoms with E-state index in [0.29, 0.717) is 0 Å². The molecule has 0 fully saturated rings. The van der Waals surface area contributed by atoms with Gasteiger partial charge in [0.1, 0.15) is 0 Å². The minimum absolute atomic E-state index is 0. The lowest BCUT2D eigenvalue weighted by molar-refractivity contribution is -0.589. The first-order chi connectivity index (χ1) is 6.45. The molecule has 0 atom stereocenters. The molecule has 0 unspecified atom stereocenters. The van der Waals surface area contributed by atoms with Gasteiger partial charge < -0.3 is 5.48 Å². The van der Waals surface area contributed by atoms with Crippen LogP contribution in [0.2, 0.25) is 0 Å². The first kappa shape index (κ1) is 9.68. The molecule has 3 rings (SSSR count). The molecule has 14 heavy (non-hydrogen) atoms. The van der Waals surface area contributed by atoms with Gasteiger partial charge in [0, 0.05) is 11.1 Å². The van der Waals surface area contributed by atoms with Gasteiger partial charge in [-0.15, -0.1) is 0 Å². The summed E-state index contributed by atoms with van der Waals surface area (Å²) in [5.41, 5.74) is 2.93. The van der Waals surface area contributed by atoms with Crippen molar-refractivity contribution < 1.29 is 26.7 Å². The Balaban J connectivity index is 0.000000750. The van der Waals surface area contributed by atoms with Gasteiger partial charge in [0.2, 0.25) is 7.14 Å². The molecule has 70 valence electrons. The van der Waals surface area contributed by atoms with Gasteiger partial charge in [-0.1, -0.05) is 24.3 Å². The van der Waals surface area contributed by atoms with E-state index in [1.54, 1.807) is 7.14 Å². The van der Waals surface area contributed by atoms with Gasteiger partial charge in [-0.25, -0.2) is 0 Å². The van der Waals surface area contributed by atoms with Gasteiger partial charge in [-0.2, -0.15) is 0 Å². The molecule has 0 bridgehead atoms. The Labute approximate surface area is 93.3 Å². The number of hydrogen-bond donors (Lipinski definition) is 0. The van der Waals surface area contributed by atoms with E-state index in [4.69, 9.17) is 0 Å². The van der Waals surface area contributed by atoms with Crippen molar-refractivity contribution in [1.82, 2.24) is 0 Å². The molecular formula is C12H9IO. The standard InChI is InChI=1S/C12H8I.H2O/c1-3-7-11-9(5-1)10-6-2-4-8-12(10)13-11;/h1-8H;1H2/q+1;/p-1. The largest absolute Gasteiger partial charge is 0.870 e. The molecule has 1 aliphatic heterocycles. The lowest BCUT2D eigenvalue weighted by Crippen LogP contribution is -3.61. The molecule has 0 radical (unpaired) electrons. The van der Waals surface area contributed by atoms with Crippen molar-refractivity contribution in [2.75, 3.05) is 0 Å². The summed E-state index contributed by atoms with van der Waals surface area (Å²) in [5, 5.41) is 0. The second-order valence-corrected chi connectivity index (χ2v) is 5.92. The maximum absolute atomic E-state index is 2.27. The number of benzene rings is 2. The van der Waals surface area contributed by atoms with Crippen LogP contribution in [0.3, 0.4) is 0 Å². The van der Waals surface area contributed by atoms with Gasteiger partial charge in [0.25, 0.3) is 0 Å². The van der Waals surface area contributed by atoms with Crippen LogP contribution in [-0.4, -0.2) is 5.48 Å². The minimum atomic E-state index is 0. The number of fused-ring (bicyclic) bond motifs is 3. The maximum Gasteiger partial charge on any atom is 0.359 e. The molecule has 1 aliphatic rings. The summed E-state index contributed by atoms with van der Waals surface area (Å²) in [6, 6.07) is 17.6. The zero-order chi connectivity index (χ0) is 8.67. The van der Waals surface area contributed by atoms with Crippen molar-refractivity contribution in [2.24, 2.45) is 0 Å². The molecule has 0 saturated heterocycles. The molecule has 0 saturated carbocycles. The SMILES string of the molecule is [OH-].c1ccc2c(c1)[I+]c1ccccc1-2. The Morgan fingerprint density at radius 3 is 1.57 bits per heavy atom. The second-order valence-electron chi connectivity index (χ2n) is 3.05. The first-order valence-electron chi connectivity index (χ1n) is 4.28. The summed E-state index contributed by atoms with van der Waals surface area (Å²) < 4.78 is 3.14. The highest BCUT2D eigenvalue weighted by Gasteiger charge is 2.31. The number of rotatable bonds is 0. The van der Waals surface area contributed by atoms with Crippen molar-refractivity contribution in [3.8, 4) is 11.1 Å². The predicted octanol–water partition coefficient (Wildman–Crippen LogP) is -0.381. The average Bonchev–Trinajstić information content (AvgIpc) is 2.56. The lowest BCUT2D eigenvalue weighted by atomic mass is 10.1. The van der Waals surface area contributed by atoms with E-state index < -0.39 is 0 Å². The van der Waals surface area contributed by atoms with Gasteiger partial charge in [-0.05, 0) is 24.3 Å². The Morgan fingerprint density at radius 2 is 1.07 bits per heavy atom. The third-order valence-electron chi connectivity index (χ3n) is 2.24. The van der Waals surface area contributed by atoms with Crippen molar-refractivity contribution in [1.29, 1.82) is 0 Å². The molecule has 0 aromatic heterocycles. The number of hydrogen-bond acceptors (Lipinski definition) is 1. The van der Waals surface area contributed by atoms with Crippen LogP contribution in [0.15, 0.2) is 48.5 Å². The highest BCUT2D eigenvalue weighted by atomic mass is 127. The van der Waals surface area contributed by atoms with Crippen molar-refractivity contribution in [2.45, 2.75) is 0 Å². The van der Waals surface area contributed by atoms with Crippen molar-refractivity contribution >= 4 is 0 Å². The van der Waals surface area contributed by atoms with E-state index in [1.807, 2.05) is 0 Å². The zero-order valence-electron chi connectivity index (χ0n) is 7.44. The van der Waals surface area contributed by atoms with Crippen LogP contribution in [0.25, 0.3) is 11.1 Å². The number of halogens is 1. The fraction of sp³-hybridized carbons (Fsp3) is 0. The van der Waals surface area contributed by atoms with E-state index in [2.05, 4.69) is 48.5 Å². The van der Waals surface area contributed by atoms with Crippen LogP contribution in [0.5, 0.6) is 0 Å². The molecule has 0 aliphatic carbocycles. The van der Waals surface area contributed by atoms with E-state index in [-0.39, 0.29) is 26.7 Å². The molecule has 2 aromatic rings. The topological polar surface area (TPSA) is 30.0 Å². The summed E-state index contributed by atoms with van der Waals surface area (Å²) in [6.45, 7) is 0. The summed E-state index contributed by atoms with van der Waals surface area (Å²) in [7, 11) is 0. The Hall–Kier alpha value is -0.870. The predicted molar refractivity (Wildman–Crippen MR) is 51.2 cm³/mol. The molecule has 0 amide bonds. The van der Waals surface area contributed by atoms with E-state index in [0.717, 1.165) is 0 Å². The summed E-state index contributed by atoms with van der Waals surface area (Å²) in [5.74, 6) is 0. The zero-order valence-corrected chi connectivity index (χ0v) is 9.60. The Bertz CT molecular complexity index is 422. The Morgan fingerprint density at radius 1 is 0.643 bits per heavy atom. The maximum atomic E-state index is 2.27. The highest BCUT2D eigenvalue weighted by Crippen LogP contribution is 2.21. The normalized spacial score (nSPS) is 11.4. The van der Waals surface area contributed by atoms with Gasteiger partial charge in [0.15, 0.2) is 0 Å². The third kappa shape index (κ3) is 1.35. The van der Waals surface area contributed by atoms with Crippen LogP contribution in [0.1, 0.15) is 0 Å². The van der Waals surface area contributed by atoms with Crippen LogP contribution >= 0.6 is 0 Å². The lowest BCUT2D eigenvalue weighted by Gasteiger charge is -1.91. The smallest absolute Gasteiger partial charge is 0.359 e. The molecule has 0 spiro atoms. The molecule has 1 heterocycles. The quantitative estimate of drug-likeness (QED) is 0.520. The molecule has 1 nitrogen and oxygen atoms in total. The molecule has 1 N–H and O–H groups in total. The first-order valence-corrected chi connectivity index (χ1v) is 6.44. The molecular weight excluding hydrogens is 287 g/mol. The summed E-state index contributed by atoms with van der Waals surface area (Å²) >= 11 is 0.103. The van der Waals surface area contributed by atoms with Gasteiger partial charge in [-0.3, -0.25) is 0 Å². The monoisotopic (exact) mass is 296 g/mol. The second kappa shape index (κ2) is 3.71. The van der Waals surface area contributed by atoms with E-state index in [9.17, 15) is 0 Å². The van der Waals surface area contributed by atoms with Gasteiger partial charge in [0.05, 0.1) is 0 Å². The summed E-state index contributed by atoms with van der Waals surface area (Å²) in [6.07, 6.45) is 0. The van der Waals surface area contributed by atoms with Crippen LogP contribution < -0.4 is 21.2 Å². The molecule has 2 heteroatoms. The highest BCUT2D eigenvalue weighted by molar-refractivity contribution is 5.64. The van der Waals surface area contributed by atoms with E-state index in [1.165, 1.54) is 11.1 Å². The minimum Gasteiger partial charge on any atom is -0.870 e. The molecule has 2 aromatic carbocycles.